The van der Waals surface area contributed by atoms with Gasteiger partial charge >= 0.3 is 0 Å². The van der Waals surface area contributed by atoms with Crippen molar-refractivity contribution >= 4 is 5.91 Å². The number of nitrogens with one attached hydrogen (secondary N) is 1. The van der Waals surface area contributed by atoms with E-state index >= 15 is 0 Å². The third-order valence-electron chi connectivity index (χ3n) is 4.14. The smallest absolute Gasteiger partial charge is 0.258 e. The SMILES string of the molecule is COc1cccc(OC)c1C(=O)NCCC(O)c1ccc2c(c1)OCO2. The third kappa shape index (κ3) is 3.67. The highest BCUT2D eigenvalue weighted by molar-refractivity contribution is 5.99. The zero-order chi connectivity index (χ0) is 18.5. The zero-order valence-electron chi connectivity index (χ0n) is 14.7. The number of ether oxygens (including phenoxy) is 4. The number of amides is 1. The summed E-state index contributed by atoms with van der Waals surface area (Å²) in [6, 6.07) is 10.4. The zero-order valence-corrected chi connectivity index (χ0v) is 14.7. The van der Waals surface area contributed by atoms with Gasteiger partial charge in [-0.05, 0) is 36.2 Å². The molecule has 0 bridgehead atoms. The Balaban J connectivity index is 1.60. The van der Waals surface area contributed by atoms with Crippen LogP contribution in [-0.4, -0.2) is 38.6 Å². The maximum atomic E-state index is 12.5. The van der Waals surface area contributed by atoms with E-state index in [4.69, 9.17) is 18.9 Å². The van der Waals surface area contributed by atoms with E-state index in [0.29, 0.717) is 40.5 Å². The van der Waals surface area contributed by atoms with Crippen molar-refractivity contribution in [1.82, 2.24) is 5.32 Å². The second kappa shape index (κ2) is 7.97. The molecule has 1 aliphatic heterocycles. The average Bonchev–Trinajstić information content (AvgIpc) is 3.14. The Morgan fingerprint density at radius 3 is 2.54 bits per heavy atom. The molecule has 3 rings (SSSR count). The van der Waals surface area contributed by atoms with Crippen molar-refractivity contribution in [1.29, 1.82) is 0 Å². The fourth-order valence-electron chi connectivity index (χ4n) is 2.77. The number of aliphatic hydroxyl groups excluding tert-OH is 1. The van der Waals surface area contributed by atoms with Crippen molar-refractivity contribution in [3.8, 4) is 23.0 Å². The molecule has 7 heteroatoms. The molecule has 1 heterocycles. The molecule has 138 valence electrons. The average molecular weight is 359 g/mol. The Bertz CT molecular complexity index is 769. The van der Waals surface area contributed by atoms with Crippen molar-refractivity contribution in [3.05, 3.63) is 47.5 Å². The van der Waals surface area contributed by atoms with E-state index in [2.05, 4.69) is 5.32 Å². The van der Waals surface area contributed by atoms with Crippen LogP contribution in [0.3, 0.4) is 0 Å². The summed E-state index contributed by atoms with van der Waals surface area (Å²) in [7, 11) is 2.99. The highest BCUT2D eigenvalue weighted by Crippen LogP contribution is 2.34. The predicted molar refractivity (Wildman–Crippen MR) is 94.0 cm³/mol. The molecule has 0 saturated heterocycles. The van der Waals surface area contributed by atoms with Gasteiger partial charge in [0.25, 0.3) is 5.91 Å². The third-order valence-corrected chi connectivity index (χ3v) is 4.14. The lowest BCUT2D eigenvalue weighted by Crippen LogP contribution is -2.26. The molecule has 0 spiro atoms. The molecule has 0 fully saturated rings. The summed E-state index contributed by atoms with van der Waals surface area (Å²) in [6.07, 6.45) is -0.382. The summed E-state index contributed by atoms with van der Waals surface area (Å²) in [6.45, 7) is 0.474. The number of benzene rings is 2. The molecule has 1 amide bonds. The van der Waals surface area contributed by atoms with Crippen LogP contribution in [-0.2, 0) is 0 Å². The summed E-state index contributed by atoms with van der Waals surface area (Å²) in [5.74, 6) is 1.82. The van der Waals surface area contributed by atoms with Crippen molar-refractivity contribution in [2.75, 3.05) is 27.6 Å². The van der Waals surface area contributed by atoms with Gasteiger partial charge in [0.15, 0.2) is 11.5 Å². The Morgan fingerprint density at radius 2 is 1.85 bits per heavy atom. The van der Waals surface area contributed by atoms with Crippen LogP contribution in [0.4, 0.5) is 0 Å². The Morgan fingerprint density at radius 1 is 1.15 bits per heavy atom. The number of carbonyl (C=O) groups excluding carboxylic acids is 1. The minimum Gasteiger partial charge on any atom is -0.496 e. The van der Waals surface area contributed by atoms with Crippen LogP contribution < -0.4 is 24.3 Å². The summed E-state index contributed by atoms with van der Waals surface area (Å²) in [4.78, 5) is 12.5. The maximum absolute atomic E-state index is 12.5. The Labute approximate surface area is 151 Å². The second-order valence-corrected chi connectivity index (χ2v) is 5.71. The molecule has 7 nitrogen and oxygen atoms in total. The van der Waals surface area contributed by atoms with Crippen LogP contribution >= 0.6 is 0 Å². The number of hydrogen-bond donors (Lipinski definition) is 2. The first-order chi connectivity index (χ1) is 12.6. The molecule has 2 aromatic rings. The molecule has 0 aromatic heterocycles. The molecule has 0 radical (unpaired) electrons. The summed E-state index contributed by atoms with van der Waals surface area (Å²) in [5.41, 5.74) is 1.04. The lowest BCUT2D eigenvalue weighted by Gasteiger charge is -2.15. The van der Waals surface area contributed by atoms with Crippen LogP contribution in [0.2, 0.25) is 0 Å². The Kier molecular flexibility index (Phi) is 5.48. The highest BCUT2D eigenvalue weighted by Gasteiger charge is 2.19. The molecule has 0 saturated carbocycles. The largest absolute Gasteiger partial charge is 0.496 e. The minimum atomic E-state index is -0.732. The molecule has 1 aliphatic rings. The normalized spacial score (nSPS) is 13.2. The van der Waals surface area contributed by atoms with Gasteiger partial charge in [0, 0.05) is 6.54 Å². The van der Waals surface area contributed by atoms with Gasteiger partial charge in [-0.3, -0.25) is 4.79 Å². The van der Waals surface area contributed by atoms with E-state index in [9.17, 15) is 9.90 Å². The number of aliphatic hydroxyl groups is 1. The maximum Gasteiger partial charge on any atom is 0.258 e. The lowest BCUT2D eigenvalue weighted by molar-refractivity contribution is 0.0936. The number of methoxy groups -OCH3 is 2. The van der Waals surface area contributed by atoms with Crippen LogP contribution in [0.1, 0.15) is 28.4 Å². The molecule has 1 unspecified atom stereocenters. The van der Waals surface area contributed by atoms with E-state index in [1.807, 2.05) is 0 Å². The molecule has 26 heavy (non-hydrogen) atoms. The summed E-state index contributed by atoms with van der Waals surface area (Å²) in [5, 5.41) is 13.1. The van der Waals surface area contributed by atoms with Crippen molar-refractivity contribution in [2.24, 2.45) is 0 Å². The molecule has 0 aliphatic carbocycles. The second-order valence-electron chi connectivity index (χ2n) is 5.71. The first-order valence-electron chi connectivity index (χ1n) is 8.21. The van der Waals surface area contributed by atoms with E-state index in [1.54, 1.807) is 36.4 Å². The molecule has 2 N–H and O–H groups in total. The number of hydrogen-bond acceptors (Lipinski definition) is 6. The first kappa shape index (κ1) is 17.9. The van der Waals surface area contributed by atoms with Gasteiger partial charge in [-0.15, -0.1) is 0 Å². The molecule has 2 aromatic carbocycles. The van der Waals surface area contributed by atoms with E-state index in [-0.39, 0.29) is 19.2 Å². The van der Waals surface area contributed by atoms with Gasteiger partial charge in [0.1, 0.15) is 17.1 Å². The quantitative estimate of drug-likeness (QED) is 0.789. The van der Waals surface area contributed by atoms with Gasteiger partial charge in [-0.2, -0.15) is 0 Å². The monoisotopic (exact) mass is 359 g/mol. The van der Waals surface area contributed by atoms with E-state index in [1.165, 1.54) is 14.2 Å². The predicted octanol–water partition coefficient (Wildman–Crippen LogP) is 2.29. The Hall–Kier alpha value is -2.93. The van der Waals surface area contributed by atoms with E-state index in [0.717, 1.165) is 0 Å². The summed E-state index contributed by atoms with van der Waals surface area (Å²) >= 11 is 0. The number of carbonyl (C=O) groups is 1. The summed E-state index contributed by atoms with van der Waals surface area (Å²) < 4.78 is 21.0. The minimum absolute atomic E-state index is 0.186. The van der Waals surface area contributed by atoms with Crippen LogP contribution in [0, 0.1) is 0 Å². The fraction of sp³-hybridized carbons (Fsp3) is 0.316. The van der Waals surface area contributed by atoms with Crippen molar-refractivity contribution in [2.45, 2.75) is 12.5 Å². The van der Waals surface area contributed by atoms with Gasteiger partial charge in [-0.1, -0.05) is 12.1 Å². The molecule has 1 atom stereocenters. The van der Waals surface area contributed by atoms with Crippen molar-refractivity contribution < 1.29 is 28.8 Å². The highest BCUT2D eigenvalue weighted by atomic mass is 16.7. The topological polar surface area (TPSA) is 86.3 Å². The molecular weight excluding hydrogens is 338 g/mol. The van der Waals surface area contributed by atoms with Gasteiger partial charge in [0.2, 0.25) is 6.79 Å². The fourth-order valence-corrected chi connectivity index (χ4v) is 2.77. The van der Waals surface area contributed by atoms with Gasteiger partial charge < -0.3 is 29.4 Å². The van der Waals surface area contributed by atoms with Crippen LogP contribution in [0.15, 0.2) is 36.4 Å². The van der Waals surface area contributed by atoms with Crippen molar-refractivity contribution in [3.63, 3.8) is 0 Å². The van der Waals surface area contributed by atoms with Gasteiger partial charge in [0.05, 0.1) is 20.3 Å². The number of fused-ring (bicyclic) bond motifs is 1. The van der Waals surface area contributed by atoms with E-state index < -0.39 is 6.10 Å². The van der Waals surface area contributed by atoms with Gasteiger partial charge in [-0.25, -0.2) is 0 Å². The number of rotatable bonds is 7. The molecular formula is C19H21NO6. The standard InChI is InChI=1S/C19H21NO6/c1-23-15-4-3-5-16(24-2)18(15)19(22)20-9-8-13(21)12-6-7-14-17(10-12)26-11-25-14/h3-7,10,13,21H,8-9,11H2,1-2H3,(H,20,22). The first-order valence-corrected chi connectivity index (χ1v) is 8.21. The lowest BCUT2D eigenvalue weighted by atomic mass is 10.1. The van der Waals surface area contributed by atoms with Crippen LogP contribution in [0.25, 0.3) is 0 Å². The van der Waals surface area contributed by atoms with Crippen LogP contribution in [0.5, 0.6) is 23.0 Å².